The molecule has 152 valence electrons. The molecule has 0 radical (unpaired) electrons. The maximum Gasteiger partial charge on any atom is 0.252 e. The summed E-state index contributed by atoms with van der Waals surface area (Å²) in [6.45, 7) is 3.46. The number of hydrogen-bond acceptors (Lipinski definition) is 2. The van der Waals surface area contributed by atoms with Crippen molar-refractivity contribution in [3.63, 3.8) is 0 Å². The average molecular weight is 418 g/mol. The van der Waals surface area contributed by atoms with Crippen LogP contribution < -0.4 is 5.32 Å². The summed E-state index contributed by atoms with van der Waals surface area (Å²) in [5, 5.41) is 3.43. The molecule has 4 aromatic rings. The van der Waals surface area contributed by atoms with Crippen LogP contribution in [0.1, 0.15) is 33.7 Å². The van der Waals surface area contributed by atoms with Crippen molar-refractivity contribution in [3.05, 3.63) is 100 Å². The van der Waals surface area contributed by atoms with Crippen LogP contribution in [0.25, 0.3) is 11.0 Å². The van der Waals surface area contributed by atoms with Crippen LogP contribution in [0.3, 0.4) is 0 Å². The molecule has 3 aromatic carbocycles. The van der Waals surface area contributed by atoms with Crippen LogP contribution >= 0.6 is 11.6 Å². The van der Waals surface area contributed by atoms with Gasteiger partial charge in [0.25, 0.3) is 5.91 Å². The van der Waals surface area contributed by atoms with Crippen molar-refractivity contribution in [1.29, 1.82) is 0 Å². The summed E-state index contributed by atoms with van der Waals surface area (Å²) < 4.78 is 2.28. The largest absolute Gasteiger partial charge is 0.352 e. The summed E-state index contributed by atoms with van der Waals surface area (Å²) in [5.74, 6) is 0.888. The third-order valence-electron chi connectivity index (χ3n) is 5.14. The Kier molecular flexibility index (Phi) is 6.15. The highest BCUT2D eigenvalue weighted by Gasteiger charge is 2.12. The van der Waals surface area contributed by atoms with E-state index < -0.39 is 0 Å². The highest BCUT2D eigenvalue weighted by molar-refractivity contribution is 6.33. The number of benzene rings is 3. The number of rotatable bonds is 7. The monoisotopic (exact) mass is 417 g/mol. The molecule has 1 aromatic heterocycles. The number of fused-ring (bicyclic) bond motifs is 1. The zero-order valence-electron chi connectivity index (χ0n) is 16.9. The van der Waals surface area contributed by atoms with E-state index in [0.717, 1.165) is 36.2 Å². The number of carbonyl (C=O) groups is 1. The van der Waals surface area contributed by atoms with E-state index in [0.29, 0.717) is 17.1 Å². The molecule has 5 heteroatoms. The first-order valence-electron chi connectivity index (χ1n) is 10.1. The Hall–Kier alpha value is -3.11. The lowest BCUT2D eigenvalue weighted by molar-refractivity contribution is 0.0953. The van der Waals surface area contributed by atoms with E-state index in [1.54, 1.807) is 12.1 Å². The second kappa shape index (κ2) is 9.14. The fourth-order valence-electron chi connectivity index (χ4n) is 3.67. The molecule has 0 aliphatic heterocycles. The predicted octanol–water partition coefficient (Wildman–Crippen LogP) is 5.41. The van der Waals surface area contributed by atoms with E-state index in [9.17, 15) is 4.79 Å². The first-order valence-corrected chi connectivity index (χ1v) is 10.5. The van der Waals surface area contributed by atoms with Gasteiger partial charge in [0.1, 0.15) is 5.82 Å². The number of halogens is 1. The number of nitrogens with zero attached hydrogens (tertiary/aromatic N) is 2. The van der Waals surface area contributed by atoms with Crippen LogP contribution in [0.15, 0.2) is 72.8 Å². The van der Waals surface area contributed by atoms with Gasteiger partial charge in [-0.25, -0.2) is 4.98 Å². The van der Waals surface area contributed by atoms with E-state index in [1.807, 2.05) is 30.3 Å². The fraction of sp³-hybridized carbons (Fsp3) is 0.200. The standard InChI is InChI=1S/C25H24ClN3O/c1-18-8-6-9-19(16-18)17-29-23-13-5-4-12-22(23)28-24(29)14-7-15-27-25(30)20-10-2-3-11-21(20)26/h2-6,8-13,16H,7,14-15,17H2,1H3,(H,27,30). The van der Waals surface area contributed by atoms with Gasteiger partial charge >= 0.3 is 0 Å². The van der Waals surface area contributed by atoms with Crippen LogP contribution in [0.5, 0.6) is 0 Å². The van der Waals surface area contributed by atoms with Crippen molar-refractivity contribution in [2.75, 3.05) is 6.54 Å². The molecule has 1 amide bonds. The highest BCUT2D eigenvalue weighted by atomic mass is 35.5. The Morgan fingerprint density at radius 3 is 2.67 bits per heavy atom. The van der Waals surface area contributed by atoms with Crippen LogP contribution in [0, 0.1) is 6.92 Å². The minimum absolute atomic E-state index is 0.145. The van der Waals surface area contributed by atoms with Gasteiger partial charge in [-0.05, 0) is 43.2 Å². The molecule has 4 nitrogen and oxygen atoms in total. The minimum atomic E-state index is -0.145. The lowest BCUT2D eigenvalue weighted by Gasteiger charge is -2.11. The quantitative estimate of drug-likeness (QED) is 0.409. The van der Waals surface area contributed by atoms with Crippen LogP contribution in [-0.2, 0) is 13.0 Å². The summed E-state index contributed by atoms with van der Waals surface area (Å²) >= 11 is 6.11. The molecular formula is C25H24ClN3O. The molecule has 0 unspecified atom stereocenters. The van der Waals surface area contributed by atoms with E-state index in [1.165, 1.54) is 11.1 Å². The first kappa shape index (κ1) is 20.2. The fourth-order valence-corrected chi connectivity index (χ4v) is 3.90. The van der Waals surface area contributed by atoms with Crippen molar-refractivity contribution in [2.24, 2.45) is 0 Å². The molecule has 0 aliphatic carbocycles. The minimum Gasteiger partial charge on any atom is -0.352 e. The molecule has 0 saturated carbocycles. The lowest BCUT2D eigenvalue weighted by atomic mass is 10.1. The second-order valence-corrected chi connectivity index (χ2v) is 7.84. The van der Waals surface area contributed by atoms with E-state index in [2.05, 4.69) is 47.1 Å². The van der Waals surface area contributed by atoms with Crippen molar-refractivity contribution in [3.8, 4) is 0 Å². The maximum atomic E-state index is 12.3. The van der Waals surface area contributed by atoms with Crippen LogP contribution in [-0.4, -0.2) is 22.0 Å². The van der Waals surface area contributed by atoms with Crippen LogP contribution in [0.4, 0.5) is 0 Å². The maximum absolute atomic E-state index is 12.3. The van der Waals surface area contributed by atoms with Gasteiger partial charge in [0.2, 0.25) is 0 Å². The molecule has 0 aliphatic rings. The molecule has 0 fully saturated rings. The van der Waals surface area contributed by atoms with Crippen molar-refractivity contribution in [2.45, 2.75) is 26.3 Å². The number of para-hydroxylation sites is 2. The Morgan fingerprint density at radius 2 is 1.83 bits per heavy atom. The van der Waals surface area contributed by atoms with Gasteiger partial charge < -0.3 is 9.88 Å². The number of aromatic nitrogens is 2. The molecule has 1 heterocycles. The summed E-state index contributed by atoms with van der Waals surface area (Å²) in [6, 6.07) is 23.9. The number of carbonyl (C=O) groups excluding carboxylic acids is 1. The molecule has 1 N–H and O–H groups in total. The number of aryl methyl sites for hydroxylation is 2. The topological polar surface area (TPSA) is 46.9 Å². The summed E-state index contributed by atoms with van der Waals surface area (Å²) in [7, 11) is 0. The summed E-state index contributed by atoms with van der Waals surface area (Å²) in [5.41, 5.74) is 5.15. The smallest absolute Gasteiger partial charge is 0.252 e. The molecule has 30 heavy (non-hydrogen) atoms. The van der Waals surface area contributed by atoms with Crippen molar-refractivity contribution in [1.82, 2.24) is 14.9 Å². The Morgan fingerprint density at radius 1 is 1.03 bits per heavy atom. The highest BCUT2D eigenvalue weighted by Crippen LogP contribution is 2.20. The van der Waals surface area contributed by atoms with E-state index in [4.69, 9.17) is 16.6 Å². The first-order chi connectivity index (χ1) is 14.6. The van der Waals surface area contributed by atoms with Crippen molar-refractivity contribution < 1.29 is 4.79 Å². The zero-order chi connectivity index (χ0) is 20.9. The number of hydrogen-bond donors (Lipinski definition) is 1. The van der Waals surface area contributed by atoms with Crippen LogP contribution in [0.2, 0.25) is 5.02 Å². The van der Waals surface area contributed by atoms with Crippen molar-refractivity contribution >= 4 is 28.5 Å². The van der Waals surface area contributed by atoms with Gasteiger partial charge in [0, 0.05) is 19.5 Å². The normalized spacial score (nSPS) is 11.0. The Balaban J connectivity index is 1.46. The van der Waals surface area contributed by atoms with E-state index in [-0.39, 0.29) is 5.91 Å². The lowest BCUT2D eigenvalue weighted by Crippen LogP contribution is -2.25. The third kappa shape index (κ3) is 4.55. The van der Waals surface area contributed by atoms with Gasteiger partial charge in [-0.3, -0.25) is 4.79 Å². The van der Waals surface area contributed by atoms with Gasteiger partial charge in [-0.15, -0.1) is 0 Å². The third-order valence-corrected chi connectivity index (χ3v) is 5.47. The SMILES string of the molecule is Cc1cccc(Cn2c(CCCNC(=O)c3ccccc3Cl)nc3ccccc32)c1. The Labute approximate surface area is 181 Å². The molecule has 4 rings (SSSR count). The summed E-state index contributed by atoms with van der Waals surface area (Å²) in [6.07, 6.45) is 1.58. The van der Waals surface area contributed by atoms with Gasteiger partial charge in [0.15, 0.2) is 0 Å². The predicted molar refractivity (Wildman–Crippen MR) is 122 cm³/mol. The summed E-state index contributed by atoms with van der Waals surface area (Å²) in [4.78, 5) is 17.2. The number of amides is 1. The molecule has 0 bridgehead atoms. The second-order valence-electron chi connectivity index (χ2n) is 7.43. The zero-order valence-corrected chi connectivity index (χ0v) is 17.7. The molecule has 0 spiro atoms. The van der Waals surface area contributed by atoms with Gasteiger partial charge in [-0.2, -0.15) is 0 Å². The van der Waals surface area contributed by atoms with Gasteiger partial charge in [0.05, 0.1) is 21.6 Å². The number of imidazole rings is 1. The van der Waals surface area contributed by atoms with E-state index >= 15 is 0 Å². The Bertz CT molecular complexity index is 1180. The molecule has 0 saturated heterocycles. The average Bonchev–Trinajstić information content (AvgIpc) is 3.09. The van der Waals surface area contributed by atoms with Gasteiger partial charge in [-0.1, -0.05) is 65.7 Å². The molecular weight excluding hydrogens is 394 g/mol. The number of nitrogens with one attached hydrogen (secondary N) is 1. The molecule has 0 atom stereocenters.